The highest BCUT2D eigenvalue weighted by atomic mass is 16.5. The molecule has 1 saturated heterocycles. The van der Waals surface area contributed by atoms with Gasteiger partial charge in [0, 0.05) is 33.0 Å². The molecule has 0 amide bonds. The Labute approximate surface area is 142 Å². The summed E-state index contributed by atoms with van der Waals surface area (Å²) < 4.78 is 15.6. The van der Waals surface area contributed by atoms with Gasteiger partial charge in [0.05, 0.1) is 30.3 Å². The number of hydrogen-bond acceptors (Lipinski definition) is 6. The molecule has 1 heterocycles. The van der Waals surface area contributed by atoms with Gasteiger partial charge >= 0.3 is 0 Å². The molecular weight excluding hydrogens is 316 g/mol. The first-order chi connectivity index (χ1) is 11.4. The summed E-state index contributed by atoms with van der Waals surface area (Å²) in [7, 11) is 3.14. The molecule has 3 fully saturated rings. The maximum Gasteiger partial charge on any atom is 0.184 e. The van der Waals surface area contributed by atoms with Gasteiger partial charge in [0.25, 0.3) is 0 Å². The predicted octanol–water partition coefficient (Wildman–Crippen LogP) is -1.05. The van der Waals surface area contributed by atoms with Crippen molar-refractivity contribution in [3.05, 3.63) is 0 Å². The highest BCUT2D eigenvalue weighted by Gasteiger charge is 2.52. The van der Waals surface area contributed by atoms with E-state index in [-0.39, 0.29) is 36.3 Å². The highest BCUT2D eigenvalue weighted by Crippen LogP contribution is 2.40. The van der Waals surface area contributed by atoms with Crippen molar-refractivity contribution in [1.82, 2.24) is 0 Å². The molecule has 1 aliphatic heterocycles. The van der Waals surface area contributed by atoms with Crippen LogP contribution < -0.4 is 0 Å². The lowest BCUT2D eigenvalue weighted by atomic mass is 9.72. The molecule has 8 unspecified atom stereocenters. The van der Waals surface area contributed by atoms with Crippen molar-refractivity contribution >= 4 is 0 Å². The molecule has 0 bridgehead atoms. The first-order valence-electron chi connectivity index (χ1n) is 8.92. The molecule has 5 N–H and O–H groups in total. The minimum absolute atomic E-state index is 0.0514. The smallest absolute Gasteiger partial charge is 0.184 e. The van der Waals surface area contributed by atoms with Crippen molar-refractivity contribution in [1.29, 1.82) is 0 Å². The van der Waals surface area contributed by atoms with E-state index in [1.807, 2.05) is 0 Å². The van der Waals surface area contributed by atoms with E-state index >= 15 is 0 Å². The number of rotatable bonds is 3. The van der Waals surface area contributed by atoms with Gasteiger partial charge in [-0.3, -0.25) is 0 Å². The summed E-state index contributed by atoms with van der Waals surface area (Å²) in [6.45, 7) is 0. The lowest BCUT2D eigenvalue weighted by Gasteiger charge is -2.46. The molecule has 0 aromatic carbocycles. The van der Waals surface area contributed by atoms with Gasteiger partial charge in [-0.25, -0.2) is 0 Å². The summed E-state index contributed by atoms with van der Waals surface area (Å²) in [6, 6.07) is 0. The molecular formula is C17H31O7+. The van der Waals surface area contributed by atoms with Gasteiger partial charge in [-0.15, -0.1) is 0 Å². The Morgan fingerprint density at radius 1 is 0.792 bits per heavy atom. The second-order valence-electron chi connectivity index (χ2n) is 7.64. The third-order valence-electron chi connectivity index (χ3n) is 6.21. The van der Waals surface area contributed by atoms with Gasteiger partial charge in [0.15, 0.2) is 12.2 Å². The average Bonchev–Trinajstić information content (AvgIpc) is 2.55. The lowest BCUT2D eigenvalue weighted by Crippen LogP contribution is -2.59. The van der Waals surface area contributed by atoms with Crippen LogP contribution in [0.3, 0.4) is 0 Å². The SMILES string of the molecule is COC1CC(C2[OH+]C3CC(O)CC(O)C3CC2O)CC(OC)C1O. The van der Waals surface area contributed by atoms with Crippen molar-refractivity contribution in [3.63, 3.8) is 0 Å². The topological polar surface area (TPSA) is 112 Å². The van der Waals surface area contributed by atoms with Gasteiger partial charge in [0.1, 0.15) is 12.2 Å². The van der Waals surface area contributed by atoms with E-state index < -0.39 is 24.4 Å². The Morgan fingerprint density at radius 2 is 1.42 bits per heavy atom. The van der Waals surface area contributed by atoms with Gasteiger partial charge in [0.2, 0.25) is 0 Å². The van der Waals surface area contributed by atoms with Crippen LogP contribution in [-0.2, 0) is 9.47 Å². The minimum Gasteiger partial charge on any atom is -0.427 e. The molecule has 0 radical (unpaired) electrons. The van der Waals surface area contributed by atoms with Crippen LogP contribution in [0.1, 0.15) is 32.1 Å². The maximum atomic E-state index is 10.6. The summed E-state index contributed by atoms with van der Waals surface area (Å²) in [6.07, 6.45) is -0.863. The van der Waals surface area contributed by atoms with E-state index in [1.54, 1.807) is 14.2 Å². The van der Waals surface area contributed by atoms with Crippen LogP contribution in [0.4, 0.5) is 0 Å². The minimum atomic E-state index is -0.678. The first-order valence-corrected chi connectivity index (χ1v) is 8.92. The van der Waals surface area contributed by atoms with Crippen molar-refractivity contribution in [3.8, 4) is 0 Å². The molecule has 0 spiro atoms. The van der Waals surface area contributed by atoms with E-state index in [0.29, 0.717) is 32.1 Å². The highest BCUT2D eigenvalue weighted by molar-refractivity contribution is 4.98. The van der Waals surface area contributed by atoms with Crippen LogP contribution in [0.15, 0.2) is 0 Å². The zero-order chi connectivity index (χ0) is 17.4. The fourth-order valence-corrected chi connectivity index (χ4v) is 4.88. The summed E-state index contributed by atoms with van der Waals surface area (Å²) in [4.78, 5) is 0. The summed E-state index contributed by atoms with van der Waals surface area (Å²) >= 11 is 0. The van der Waals surface area contributed by atoms with Crippen LogP contribution in [0.2, 0.25) is 0 Å². The molecule has 2 saturated carbocycles. The van der Waals surface area contributed by atoms with Crippen LogP contribution in [0.25, 0.3) is 0 Å². The largest absolute Gasteiger partial charge is 0.427 e. The molecule has 3 aliphatic rings. The zero-order valence-corrected chi connectivity index (χ0v) is 14.4. The fourth-order valence-electron chi connectivity index (χ4n) is 4.88. The van der Waals surface area contributed by atoms with Crippen LogP contribution >= 0.6 is 0 Å². The van der Waals surface area contributed by atoms with E-state index in [9.17, 15) is 20.4 Å². The molecule has 7 nitrogen and oxygen atoms in total. The molecule has 7 heteroatoms. The Morgan fingerprint density at radius 3 is 2.00 bits per heavy atom. The third kappa shape index (κ3) is 3.49. The summed E-state index contributed by atoms with van der Waals surface area (Å²) in [5.74, 6) is -0.0271. The van der Waals surface area contributed by atoms with Gasteiger partial charge in [-0.2, -0.15) is 0 Å². The zero-order valence-electron chi connectivity index (χ0n) is 14.4. The molecule has 140 valence electrons. The number of methoxy groups -OCH3 is 2. The Balaban J connectivity index is 1.71. The molecule has 8 atom stereocenters. The predicted molar refractivity (Wildman–Crippen MR) is 85.5 cm³/mol. The van der Waals surface area contributed by atoms with Crippen molar-refractivity contribution in [2.45, 2.75) is 80.9 Å². The Bertz CT molecular complexity index is 406. The van der Waals surface area contributed by atoms with E-state index in [4.69, 9.17) is 14.2 Å². The quantitative estimate of drug-likeness (QED) is 0.485. The monoisotopic (exact) mass is 347 g/mol. The molecule has 0 aromatic heterocycles. The molecule has 3 rings (SSSR count). The Hall–Kier alpha value is -0.280. The standard InChI is InChI=1S/C17H30O7/c1-22-14-3-8(4-15(23-2)16(14)21)17-12(20)7-10-11(19)5-9(18)6-13(10)24-17/h8-21H,3-7H2,1-2H3/p+1. The van der Waals surface area contributed by atoms with Crippen molar-refractivity contribution < 1.29 is 34.6 Å². The van der Waals surface area contributed by atoms with E-state index in [2.05, 4.69) is 0 Å². The lowest BCUT2D eigenvalue weighted by molar-refractivity contribution is -0.300. The average molecular weight is 347 g/mol. The van der Waals surface area contributed by atoms with E-state index in [1.165, 1.54) is 0 Å². The number of aliphatic hydroxyl groups excluding tert-OH is 4. The number of aliphatic hydroxyl groups is 6. The van der Waals surface area contributed by atoms with Crippen molar-refractivity contribution in [2.75, 3.05) is 14.2 Å². The summed E-state index contributed by atoms with van der Waals surface area (Å²) in [5, 5.41) is 41.0. The van der Waals surface area contributed by atoms with Crippen LogP contribution in [-0.4, -0.2) is 88.2 Å². The van der Waals surface area contributed by atoms with Gasteiger partial charge < -0.3 is 34.6 Å². The third-order valence-corrected chi connectivity index (χ3v) is 6.21. The van der Waals surface area contributed by atoms with Crippen LogP contribution in [0.5, 0.6) is 0 Å². The summed E-state index contributed by atoms with van der Waals surface area (Å²) in [5.41, 5.74) is 0. The fraction of sp³-hybridized carbons (Fsp3) is 1.00. The molecule has 0 aromatic rings. The molecule has 2 aliphatic carbocycles. The second kappa shape index (κ2) is 7.53. The first kappa shape index (κ1) is 18.5. The van der Waals surface area contributed by atoms with Crippen LogP contribution in [0, 0.1) is 11.8 Å². The molecule has 24 heavy (non-hydrogen) atoms. The Kier molecular flexibility index (Phi) is 5.81. The number of hydrogen-bond donors (Lipinski definition) is 4. The maximum absolute atomic E-state index is 10.6. The van der Waals surface area contributed by atoms with Crippen molar-refractivity contribution in [2.24, 2.45) is 11.8 Å². The number of fused-ring (bicyclic) bond motifs is 1. The van der Waals surface area contributed by atoms with Gasteiger partial charge in [-0.05, 0) is 19.3 Å². The number of ether oxygens (including phenoxy) is 3. The van der Waals surface area contributed by atoms with E-state index in [0.717, 1.165) is 0 Å². The normalized spacial score (nSPS) is 52.8. The second-order valence-corrected chi connectivity index (χ2v) is 7.64. The van der Waals surface area contributed by atoms with Gasteiger partial charge in [-0.1, -0.05) is 0 Å².